The monoisotopic (exact) mass is 390 g/mol. The molecule has 146 valence electrons. The van der Waals surface area contributed by atoms with Crippen molar-refractivity contribution in [1.29, 1.82) is 0 Å². The van der Waals surface area contributed by atoms with Crippen molar-refractivity contribution in [3.8, 4) is 0 Å². The summed E-state index contributed by atoms with van der Waals surface area (Å²) >= 11 is 0. The minimum atomic E-state index is -3.47. The van der Waals surface area contributed by atoms with Crippen LogP contribution in [0.1, 0.15) is 31.9 Å². The first kappa shape index (κ1) is 20.0. The summed E-state index contributed by atoms with van der Waals surface area (Å²) in [6.07, 6.45) is 0. The third kappa shape index (κ3) is 4.75. The number of piperazine rings is 1. The maximum atomic E-state index is 13.0. The third-order valence-electron chi connectivity index (χ3n) is 5.01. The molecule has 0 amide bonds. The number of nitrogens with zero attached hydrogens (tertiary/aromatic N) is 2. The molecular weight excluding hydrogens is 363 g/mol. The van der Waals surface area contributed by atoms with Gasteiger partial charge in [-0.05, 0) is 40.8 Å². The first-order valence-corrected chi connectivity index (χ1v) is 10.7. The number of benzene rings is 2. The zero-order chi connectivity index (χ0) is 19.7. The fraction of sp³-hybridized carbons (Fsp3) is 0.429. The molecule has 1 heterocycles. The van der Waals surface area contributed by atoms with Gasteiger partial charge < -0.3 is 0 Å². The predicted molar refractivity (Wildman–Crippen MR) is 106 cm³/mol. The Kier molecular flexibility index (Phi) is 5.70. The van der Waals surface area contributed by atoms with Gasteiger partial charge in [0.1, 0.15) is 5.82 Å². The van der Waals surface area contributed by atoms with E-state index in [1.165, 1.54) is 12.1 Å². The summed E-state index contributed by atoms with van der Waals surface area (Å²) in [5, 5.41) is 0. The molecule has 3 rings (SSSR count). The van der Waals surface area contributed by atoms with Crippen LogP contribution in [0.15, 0.2) is 53.4 Å². The van der Waals surface area contributed by atoms with Crippen LogP contribution < -0.4 is 0 Å². The van der Waals surface area contributed by atoms with E-state index < -0.39 is 10.0 Å². The van der Waals surface area contributed by atoms with Gasteiger partial charge in [-0.25, -0.2) is 12.8 Å². The van der Waals surface area contributed by atoms with E-state index in [0.29, 0.717) is 37.6 Å². The molecule has 1 fully saturated rings. The normalized spacial score (nSPS) is 17.2. The fourth-order valence-electron chi connectivity index (χ4n) is 3.25. The van der Waals surface area contributed by atoms with Crippen LogP contribution in [0.4, 0.5) is 4.39 Å². The van der Waals surface area contributed by atoms with E-state index in [2.05, 4.69) is 25.7 Å². The smallest absolute Gasteiger partial charge is 0.243 e. The van der Waals surface area contributed by atoms with Gasteiger partial charge in [-0.3, -0.25) is 4.90 Å². The zero-order valence-electron chi connectivity index (χ0n) is 16.2. The van der Waals surface area contributed by atoms with E-state index in [-0.39, 0.29) is 11.2 Å². The first-order valence-electron chi connectivity index (χ1n) is 9.24. The largest absolute Gasteiger partial charge is 0.296 e. The molecule has 27 heavy (non-hydrogen) atoms. The molecule has 0 bridgehead atoms. The predicted octanol–water partition coefficient (Wildman–Crippen LogP) is 3.63. The fourth-order valence-corrected chi connectivity index (χ4v) is 4.67. The van der Waals surface area contributed by atoms with Gasteiger partial charge in [-0.1, -0.05) is 45.0 Å². The standard InChI is InChI=1S/C21H27FN2O2S/c1-21(2,3)18-6-10-20(11-7-18)27(25,26)24-14-12-23(13-15-24)16-17-4-8-19(22)9-5-17/h4-11H,12-16H2,1-3H3. The van der Waals surface area contributed by atoms with Crippen molar-refractivity contribution in [3.05, 3.63) is 65.5 Å². The zero-order valence-corrected chi connectivity index (χ0v) is 17.0. The van der Waals surface area contributed by atoms with E-state index in [1.807, 2.05) is 12.1 Å². The van der Waals surface area contributed by atoms with E-state index >= 15 is 0 Å². The first-order chi connectivity index (χ1) is 12.7. The van der Waals surface area contributed by atoms with Crippen LogP contribution in [-0.4, -0.2) is 43.8 Å². The molecule has 0 unspecified atom stereocenters. The molecule has 0 spiro atoms. The average molecular weight is 391 g/mol. The molecule has 0 atom stereocenters. The van der Waals surface area contributed by atoms with Crippen molar-refractivity contribution in [2.24, 2.45) is 0 Å². The Labute approximate surface area is 161 Å². The number of hydrogen-bond donors (Lipinski definition) is 0. The maximum Gasteiger partial charge on any atom is 0.243 e. The number of sulfonamides is 1. The third-order valence-corrected chi connectivity index (χ3v) is 6.92. The summed E-state index contributed by atoms with van der Waals surface area (Å²) in [5.74, 6) is -0.243. The van der Waals surface area contributed by atoms with Crippen LogP contribution in [-0.2, 0) is 22.0 Å². The van der Waals surface area contributed by atoms with E-state index in [4.69, 9.17) is 0 Å². The molecule has 2 aromatic carbocycles. The van der Waals surface area contributed by atoms with Crippen molar-refractivity contribution in [3.63, 3.8) is 0 Å². The molecule has 6 heteroatoms. The van der Waals surface area contributed by atoms with Crippen molar-refractivity contribution >= 4 is 10.0 Å². The molecule has 0 aliphatic carbocycles. The molecule has 0 radical (unpaired) electrons. The van der Waals surface area contributed by atoms with Crippen LogP contribution >= 0.6 is 0 Å². The van der Waals surface area contributed by atoms with Crippen molar-refractivity contribution in [2.45, 2.75) is 37.6 Å². The quantitative estimate of drug-likeness (QED) is 0.800. The Morgan fingerprint density at radius 3 is 1.96 bits per heavy atom. The topological polar surface area (TPSA) is 40.6 Å². The molecule has 0 N–H and O–H groups in total. The molecule has 1 aliphatic heterocycles. The van der Waals surface area contributed by atoms with E-state index in [1.54, 1.807) is 28.6 Å². The Bertz CT molecular complexity index is 864. The lowest BCUT2D eigenvalue weighted by Gasteiger charge is -2.34. The van der Waals surface area contributed by atoms with Gasteiger partial charge in [0.25, 0.3) is 0 Å². The highest BCUT2D eigenvalue weighted by Gasteiger charge is 2.28. The lowest BCUT2D eigenvalue weighted by Crippen LogP contribution is -2.48. The average Bonchev–Trinajstić information content (AvgIpc) is 2.63. The maximum absolute atomic E-state index is 13.0. The molecule has 4 nitrogen and oxygen atoms in total. The lowest BCUT2D eigenvalue weighted by molar-refractivity contribution is 0.181. The highest BCUT2D eigenvalue weighted by molar-refractivity contribution is 7.89. The van der Waals surface area contributed by atoms with Crippen LogP contribution in [0.2, 0.25) is 0 Å². The molecule has 0 saturated carbocycles. The second kappa shape index (κ2) is 7.70. The van der Waals surface area contributed by atoms with Crippen LogP contribution in [0.3, 0.4) is 0 Å². The van der Waals surface area contributed by atoms with Crippen molar-refractivity contribution in [2.75, 3.05) is 26.2 Å². The minimum Gasteiger partial charge on any atom is -0.296 e. The highest BCUT2D eigenvalue weighted by Crippen LogP contribution is 2.25. The molecule has 0 aromatic heterocycles. The Balaban J connectivity index is 1.63. The lowest BCUT2D eigenvalue weighted by atomic mass is 9.87. The SMILES string of the molecule is CC(C)(C)c1ccc(S(=O)(=O)N2CCN(Cc3ccc(F)cc3)CC2)cc1. The van der Waals surface area contributed by atoms with Gasteiger partial charge in [-0.15, -0.1) is 0 Å². The Morgan fingerprint density at radius 1 is 0.889 bits per heavy atom. The summed E-state index contributed by atoms with van der Waals surface area (Å²) in [7, 11) is -3.47. The van der Waals surface area contributed by atoms with E-state index in [0.717, 1.165) is 11.1 Å². The van der Waals surface area contributed by atoms with Crippen molar-refractivity contribution in [1.82, 2.24) is 9.21 Å². The summed E-state index contributed by atoms with van der Waals surface area (Å²) in [4.78, 5) is 2.55. The molecule has 1 aliphatic rings. The summed E-state index contributed by atoms with van der Waals surface area (Å²) in [5.41, 5.74) is 2.14. The van der Waals surface area contributed by atoms with E-state index in [9.17, 15) is 12.8 Å². The van der Waals surface area contributed by atoms with Gasteiger partial charge in [0.05, 0.1) is 4.90 Å². The van der Waals surface area contributed by atoms with Crippen LogP contribution in [0.25, 0.3) is 0 Å². The van der Waals surface area contributed by atoms with Gasteiger partial charge in [0, 0.05) is 32.7 Å². The number of rotatable bonds is 4. The number of halogens is 1. The summed E-state index contributed by atoms with van der Waals surface area (Å²) in [6.45, 7) is 9.28. The van der Waals surface area contributed by atoms with Crippen LogP contribution in [0, 0.1) is 5.82 Å². The molecular formula is C21H27FN2O2S. The molecule has 1 saturated heterocycles. The van der Waals surface area contributed by atoms with Gasteiger partial charge in [0.15, 0.2) is 0 Å². The van der Waals surface area contributed by atoms with Gasteiger partial charge in [0.2, 0.25) is 10.0 Å². The van der Waals surface area contributed by atoms with Crippen molar-refractivity contribution < 1.29 is 12.8 Å². The molecule has 2 aromatic rings. The Morgan fingerprint density at radius 2 is 1.44 bits per heavy atom. The second-order valence-electron chi connectivity index (χ2n) is 8.08. The minimum absolute atomic E-state index is 0.00568. The summed E-state index contributed by atoms with van der Waals surface area (Å²) < 4.78 is 40.4. The number of hydrogen-bond acceptors (Lipinski definition) is 3. The Hall–Kier alpha value is -1.76. The van der Waals surface area contributed by atoms with Gasteiger partial charge in [-0.2, -0.15) is 4.31 Å². The second-order valence-corrected chi connectivity index (χ2v) is 10.0. The van der Waals surface area contributed by atoms with Crippen LogP contribution in [0.5, 0.6) is 0 Å². The summed E-state index contributed by atoms with van der Waals surface area (Å²) in [6, 6.07) is 13.7. The highest BCUT2D eigenvalue weighted by atomic mass is 32.2. The van der Waals surface area contributed by atoms with Gasteiger partial charge >= 0.3 is 0 Å².